The fourth-order valence-corrected chi connectivity index (χ4v) is 6.54. The van der Waals surface area contributed by atoms with Crippen LogP contribution in [-0.2, 0) is 20.1 Å². The number of nitrogens with zero attached hydrogens (tertiary/aromatic N) is 2. The van der Waals surface area contributed by atoms with Crippen LogP contribution in [0.5, 0.6) is 0 Å². The second-order valence-electron chi connectivity index (χ2n) is 12.4. The molecule has 0 fully saturated rings. The molecule has 2 nitrogen and oxygen atoms in total. The van der Waals surface area contributed by atoms with E-state index in [1.807, 2.05) is 66.7 Å². The van der Waals surface area contributed by atoms with Crippen LogP contribution in [0, 0.1) is 25.9 Å². The molecule has 0 spiro atoms. The molecule has 1 radical (unpaired) electrons. The summed E-state index contributed by atoms with van der Waals surface area (Å²) in [6.45, 7) is -0.155. The van der Waals surface area contributed by atoms with Gasteiger partial charge in [0.05, 0.1) is 0 Å². The Hall–Kier alpha value is -5.73. The molecule has 3 heteroatoms. The van der Waals surface area contributed by atoms with Crippen molar-refractivity contribution < 1.29 is 24.2 Å². The molecule has 0 amide bonds. The van der Waals surface area contributed by atoms with Crippen molar-refractivity contribution in [2.24, 2.45) is 0 Å². The average molecular weight is 834 g/mol. The predicted molar refractivity (Wildman–Crippen MR) is 207 cm³/mol. The van der Waals surface area contributed by atoms with Gasteiger partial charge in [0.25, 0.3) is 0 Å². The molecule has 0 atom stereocenters. The summed E-state index contributed by atoms with van der Waals surface area (Å²) in [5.74, 6) is 0. The van der Waals surface area contributed by atoms with Crippen LogP contribution < -0.4 is 0 Å². The van der Waals surface area contributed by atoms with E-state index in [1.54, 1.807) is 18.5 Å². The van der Waals surface area contributed by atoms with E-state index in [9.17, 15) is 0 Å². The van der Waals surface area contributed by atoms with E-state index >= 15 is 0 Å². The SMILES string of the molecule is [2H]C([2H])([2H])c1cc(-c2[c-]cc(-c3ccccc3-c3cc(C)cc(-c4ccccc4-c4c[c-]c(-c5ccccn5)cc4)c3)cc2)ncc1-c1ccccc1.[Ir]. The van der Waals surface area contributed by atoms with E-state index < -0.39 is 6.85 Å². The Labute approximate surface area is 318 Å². The van der Waals surface area contributed by atoms with Crippen LogP contribution in [0.3, 0.4) is 0 Å². The fourth-order valence-electron chi connectivity index (χ4n) is 6.54. The molecule has 2 heterocycles. The molecule has 2 aromatic heterocycles. The maximum Gasteiger partial charge on any atom is 0.0280 e. The number of aromatic nitrogens is 2. The smallest absolute Gasteiger partial charge is 0.0280 e. The first-order valence-corrected chi connectivity index (χ1v) is 16.6. The largest absolute Gasteiger partial charge is 0.305 e. The summed E-state index contributed by atoms with van der Waals surface area (Å²) in [5, 5.41) is 0. The fraction of sp³-hybridized carbons (Fsp3) is 0.0417. The minimum absolute atomic E-state index is 0. The van der Waals surface area contributed by atoms with Gasteiger partial charge in [-0.3, -0.25) is 0 Å². The summed E-state index contributed by atoms with van der Waals surface area (Å²) in [6, 6.07) is 59.9. The number of rotatable bonds is 7. The number of aryl methyl sites for hydroxylation is 2. The number of benzene rings is 6. The molecule has 0 saturated heterocycles. The Bertz CT molecular complexity index is 2530. The van der Waals surface area contributed by atoms with Crippen molar-refractivity contribution in [1.82, 2.24) is 9.97 Å². The van der Waals surface area contributed by atoms with Gasteiger partial charge in [0.1, 0.15) is 0 Å². The van der Waals surface area contributed by atoms with E-state index in [0.717, 1.165) is 72.5 Å². The van der Waals surface area contributed by atoms with Gasteiger partial charge in [0.2, 0.25) is 0 Å². The molecule has 0 aliphatic carbocycles. The summed E-state index contributed by atoms with van der Waals surface area (Å²) in [5.41, 5.74) is 14.9. The van der Waals surface area contributed by atoms with Crippen LogP contribution in [0.4, 0.5) is 0 Å². The molecule has 6 aromatic carbocycles. The zero-order valence-electron chi connectivity index (χ0n) is 30.9. The predicted octanol–water partition coefficient (Wildman–Crippen LogP) is 12.4. The summed E-state index contributed by atoms with van der Waals surface area (Å²) in [6.07, 6.45) is 3.46. The van der Waals surface area contributed by atoms with E-state index in [0.29, 0.717) is 11.3 Å². The Kier molecular flexibility index (Phi) is 8.88. The van der Waals surface area contributed by atoms with Gasteiger partial charge in [-0.15, -0.1) is 59.7 Å². The van der Waals surface area contributed by atoms with Crippen LogP contribution in [0.1, 0.15) is 15.2 Å². The Morgan fingerprint density at radius 3 is 1.55 bits per heavy atom. The van der Waals surface area contributed by atoms with Gasteiger partial charge in [-0.05, 0) is 76.2 Å². The van der Waals surface area contributed by atoms with Gasteiger partial charge >= 0.3 is 0 Å². The molecule has 0 N–H and O–H groups in total. The van der Waals surface area contributed by atoms with Gasteiger partial charge in [-0.25, -0.2) is 0 Å². The van der Waals surface area contributed by atoms with Gasteiger partial charge in [-0.1, -0.05) is 131 Å². The van der Waals surface area contributed by atoms with Gasteiger partial charge in [0, 0.05) is 42.2 Å². The maximum absolute atomic E-state index is 8.24. The van der Waals surface area contributed by atoms with Gasteiger partial charge in [-0.2, -0.15) is 0 Å². The Morgan fingerprint density at radius 2 is 1.02 bits per heavy atom. The monoisotopic (exact) mass is 834 g/mol. The normalized spacial score (nSPS) is 11.9. The quantitative estimate of drug-likeness (QED) is 0.150. The summed E-state index contributed by atoms with van der Waals surface area (Å²) in [7, 11) is 0. The van der Waals surface area contributed by atoms with Gasteiger partial charge < -0.3 is 9.97 Å². The molecule has 8 rings (SSSR count). The third kappa shape index (κ3) is 7.14. The maximum atomic E-state index is 8.24. The van der Waals surface area contributed by atoms with Crippen molar-refractivity contribution in [3.63, 3.8) is 0 Å². The zero-order valence-corrected chi connectivity index (χ0v) is 30.3. The minimum Gasteiger partial charge on any atom is -0.305 e. The second kappa shape index (κ2) is 15.0. The van der Waals surface area contributed by atoms with Crippen molar-refractivity contribution in [2.75, 3.05) is 0 Å². The molecule has 8 aromatic rings. The van der Waals surface area contributed by atoms with Crippen molar-refractivity contribution in [2.45, 2.75) is 13.8 Å². The minimum atomic E-state index is -2.29. The molecule has 0 unspecified atom stereocenters. The standard InChI is InChI=1S/C48H34N2.Ir/c1-33-28-40(44-16-8-6-14-42(44)36-19-23-38(24-20-36)47-18-10-11-27-49-47)31-41(29-33)45-17-9-7-15-43(45)37-21-25-39(26-22-37)48-30-34(2)46(32-50-48)35-12-4-3-5-13-35;/h3-23,25,27-32H,1-2H3;/q-2;/i2D3;. The number of hydrogen-bond donors (Lipinski definition) is 0. The van der Waals surface area contributed by atoms with E-state index in [2.05, 4.69) is 114 Å². The first kappa shape index (κ1) is 30.1. The average Bonchev–Trinajstić information content (AvgIpc) is 3.21. The Balaban J connectivity index is 0.00000450. The van der Waals surface area contributed by atoms with Gasteiger partial charge in [0.15, 0.2) is 0 Å². The zero-order chi connectivity index (χ0) is 36.4. The summed E-state index contributed by atoms with van der Waals surface area (Å²) in [4.78, 5) is 9.16. The molecule has 0 aliphatic rings. The molecule has 0 saturated carbocycles. The van der Waals surface area contributed by atoms with E-state index in [1.165, 1.54) is 0 Å². The first-order valence-electron chi connectivity index (χ1n) is 18.1. The van der Waals surface area contributed by atoms with E-state index in [4.69, 9.17) is 4.11 Å². The van der Waals surface area contributed by atoms with Crippen LogP contribution in [0.25, 0.3) is 78.1 Å². The third-order valence-corrected chi connectivity index (χ3v) is 9.01. The molecule has 0 aliphatic heterocycles. The summed E-state index contributed by atoms with van der Waals surface area (Å²) >= 11 is 0. The van der Waals surface area contributed by atoms with Crippen molar-refractivity contribution in [3.8, 4) is 78.1 Å². The van der Waals surface area contributed by atoms with Crippen LogP contribution >= 0.6 is 0 Å². The van der Waals surface area contributed by atoms with E-state index in [-0.39, 0.29) is 25.7 Å². The number of hydrogen-bond acceptors (Lipinski definition) is 2. The van der Waals surface area contributed by atoms with Crippen molar-refractivity contribution >= 4 is 0 Å². The molecule has 51 heavy (non-hydrogen) atoms. The van der Waals surface area contributed by atoms with Crippen LogP contribution in [0.15, 0.2) is 170 Å². The second-order valence-corrected chi connectivity index (χ2v) is 12.4. The molecule has 247 valence electrons. The topological polar surface area (TPSA) is 25.8 Å². The first-order chi connectivity index (χ1) is 25.8. The molecular weight excluding hydrogens is 797 g/mol. The van der Waals surface area contributed by atoms with Crippen LogP contribution in [-0.4, -0.2) is 9.97 Å². The number of pyridine rings is 2. The Morgan fingerprint density at radius 1 is 0.471 bits per heavy atom. The van der Waals surface area contributed by atoms with Crippen molar-refractivity contribution in [3.05, 3.63) is 193 Å². The third-order valence-electron chi connectivity index (χ3n) is 9.01. The molecule has 0 bridgehead atoms. The molecular formula is C48H34IrN2-2. The van der Waals surface area contributed by atoms with Crippen LogP contribution in [0.2, 0.25) is 0 Å². The summed E-state index contributed by atoms with van der Waals surface area (Å²) < 4.78 is 24.7. The van der Waals surface area contributed by atoms with Crippen molar-refractivity contribution in [1.29, 1.82) is 0 Å².